The minimum atomic E-state index is -0.557. The van der Waals surface area contributed by atoms with Crippen molar-refractivity contribution in [3.8, 4) is 33.8 Å². The molecular formula is C36H43N5O5. The molecule has 0 saturated carbocycles. The average molecular weight is 626 g/mol. The van der Waals surface area contributed by atoms with Crippen LogP contribution in [0, 0.1) is 0 Å². The van der Waals surface area contributed by atoms with E-state index in [9.17, 15) is 9.59 Å². The van der Waals surface area contributed by atoms with Crippen LogP contribution in [0.1, 0.15) is 90.9 Å². The third-order valence-electron chi connectivity index (χ3n) is 8.19. The molecule has 10 heteroatoms. The van der Waals surface area contributed by atoms with E-state index in [-0.39, 0.29) is 24.3 Å². The summed E-state index contributed by atoms with van der Waals surface area (Å²) in [5, 5.41) is 0. The molecule has 2 atom stereocenters. The maximum Gasteiger partial charge on any atom is 0.410 e. The average Bonchev–Trinajstić information content (AvgIpc) is 3.82. The van der Waals surface area contributed by atoms with Gasteiger partial charge in [-0.2, -0.15) is 0 Å². The van der Waals surface area contributed by atoms with Crippen LogP contribution < -0.4 is 0 Å². The Labute approximate surface area is 270 Å². The number of aromatic amines is 1. The molecule has 0 radical (unpaired) electrons. The number of carbonyl (C=O) groups is 2. The van der Waals surface area contributed by atoms with E-state index in [4.69, 9.17) is 13.9 Å². The SMILES string of the molecule is CC(C)(C)OC(=O)N1CCC[C@H]1c1cnc(-c2ccc(-c3ccc(-c4cnc([C@@H]5CCCN5C(=O)OC(C)(C)C)o4)cc3)cc2)[nH]1. The van der Waals surface area contributed by atoms with Crippen molar-refractivity contribution in [3.05, 3.63) is 72.5 Å². The number of oxazole rings is 1. The summed E-state index contributed by atoms with van der Waals surface area (Å²) in [6.07, 6.45) is 6.39. The molecule has 4 heterocycles. The fourth-order valence-electron chi connectivity index (χ4n) is 6.07. The molecule has 1 N–H and O–H groups in total. The lowest BCUT2D eigenvalue weighted by atomic mass is 10.0. The molecule has 2 aliphatic rings. The Balaban J connectivity index is 1.11. The maximum atomic E-state index is 12.8. The number of rotatable bonds is 5. The van der Waals surface area contributed by atoms with Gasteiger partial charge in [-0.3, -0.25) is 9.80 Å². The summed E-state index contributed by atoms with van der Waals surface area (Å²) in [7, 11) is 0. The fraction of sp³-hybridized carbons (Fsp3) is 0.444. The van der Waals surface area contributed by atoms with E-state index in [0.717, 1.165) is 59.5 Å². The van der Waals surface area contributed by atoms with Crippen LogP contribution in [-0.2, 0) is 9.47 Å². The third kappa shape index (κ3) is 6.95. The van der Waals surface area contributed by atoms with Gasteiger partial charge in [0.1, 0.15) is 23.1 Å². The smallest absolute Gasteiger partial charge is 0.410 e. The van der Waals surface area contributed by atoms with Crippen molar-refractivity contribution in [2.45, 2.75) is 90.5 Å². The molecule has 0 bridgehead atoms. The first kappa shape index (κ1) is 31.4. The van der Waals surface area contributed by atoms with E-state index in [2.05, 4.69) is 39.2 Å². The van der Waals surface area contributed by atoms with Crippen LogP contribution >= 0.6 is 0 Å². The Morgan fingerprint density at radius 2 is 1.22 bits per heavy atom. The second-order valence-electron chi connectivity index (χ2n) is 14.1. The van der Waals surface area contributed by atoms with E-state index in [1.807, 2.05) is 72.0 Å². The molecule has 10 nitrogen and oxygen atoms in total. The number of benzene rings is 2. The lowest BCUT2D eigenvalue weighted by Gasteiger charge is -2.28. The van der Waals surface area contributed by atoms with Crippen LogP contribution in [0.15, 0.2) is 65.3 Å². The summed E-state index contributed by atoms with van der Waals surface area (Å²) in [6.45, 7) is 12.5. The number of hydrogen-bond acceptors (Lipinski definition) is 7. The number of nitrogens with one attached hydrogen (secondary N) is 1. The lowest BCUT2D eigenvalue weighted by Crippen LogP contribution is -2.36. The van der Waals surface area contributed by atoms with Crippen LogP contribution in [0.3, 0.4) is 0 Å². The number of likely N-dealkylation sites (tertiary alicyclic amines) is 2. The summed E-state index contributed by atoms with van der Waals surface area (Å²) in [5.41, 5.74) is 3.85. The standard InChI is InChI=1S/C36H43N5O5/c1-35(2,3)45-33(42)40-19-7-9-28(40)27-21-37-31(39-27)26-17-13-24(14-18-26)23-11-15-25(16-12-23)30-22-38-32(44-30)29-10-8-20-41(29)34(43)46-36(4,5)6/h11-18,21-22,28-29H,7-10,19-20H2,1-6H3,(H,37,39)/t28-,29-/m0/s1. The van der Waals surface area contributed by atoms with Gasteiger partial charge in [0.15, 0.2) is 5.76 Å². The van der Waals surface area contributed by atoms with Crippen molar-refractivity contribution in [3.63, 3.8) is 0 Å². The number of carbonyl (C=O) groups excluding carboxylic acids is 2. The topological polar surface area (TPSA) is 114 Å². The fourth-order valence-corrected chi connectivity index (χ4v) is 6.07. The van der Waals surface area contributed by atoms with Gasteiger partial charge in [-0.1, -0.05) is 48.5 Å². The summed E-state index contributed by atoms with van der Waals surface area (Å²) < 4.78 is 17.4. The monoisotopic (exact) mass is 625 g/mol. The van der Waals surface area contributed by atoms with E-state index in [0.29, 0.717) is 24.7 Å². The molecular weight excluding hydrogens is 582 g/mol. The Hall–Kier alpha value is -4.60. The van der Waals surface area contributed by atoms with Crippen LogP contribution in [-0.4, -0.2) is 61.2 Å². The van der Waals surface area contributed by atoms with E-state index in [1.54, 1.807) is 16.0 Å². The van der Waals surface area contributed by atoms with Crippen LogP contribution in [0.25, 0.3) is 33.8 Å². The highest BCUT2D eigenvalue weighted by molar-refractivity contribution is 5.72. The first-order valence-corrected chi connectivity index (χ1v) is 16.1. The van der Waals surface area contributed by atoms with E-state index in [1.165, 1.54) is 0 Å². The summed E-state index contributed by atoms with van der Waals surface area (Å²) in [4.78, 5) is 41.6. The van der Waals surface area contributed by atoms with Gasteiger partial charge in [-0.15, -0.1) is 0 Å². The quantitative estimate of drug-likeness (QED) is 0.236. The maximum absolute atomic E-state index is 12.8. The molecule has 2 aromatic carbocycles. The Bertz CT molecular complexity index is 1550. The molecule has 2 amide bonds. The van der Waals surface area contributed by atoms with Crippen molar-refractivity contribution in [2.24, 2.45) is 0 Å². The first-order valence-electron chi connectivity index (χ1n) is 16.1. The number of H-pyrrole nitrogens is 1. The predicted octanol–water partition coefficient (Wildman–Crippen LogP) is 8.54. The molecule has 0 unspecified atom stereocenters. The van der Waals surface area contributed by atoms with Gasteiger partial charge in [0.05, 0.1) is 24.1 Å². The zero-order valence-electron chi connectivity index (χ0n) is 27.5. The molecule has 46 heavy (non-hydrogen) atoms. The van der Waals surface area contributed by atoms with Gasteiger partial charge in [0, 0.05) is 24.2 Å². The number of nitrogens with zero attached hydrogens (tertiary/aromatic N) is 4. The number of ether oxygens (including phenoxy) is 2. The molecule has 2 aromatic heterocycles. The normalized spacial score (nSPS) is 18.7. The van der Waals surface area contributed by atoms with Crippen molar-refractivity contribution < 1.29 is 23.5 Å². The second kappa shape index (κ2) is 12.3. The Morgan fingerprint density at radius 3 is 1.78 bits per heavy atom. The second-order valence-corrected chi connectivity index (χ2v) is 14.1. The van der Waals surface area contributed by atoms with Gasteiger partial charge < -0.3 is 18.9 Å². The third-order valence-corrected chi connectivity index (χ3v) is 8.19. The summed E-state index contributed by atoms with van der Waals surface area (Å²) in [5.74, 6) is 1.96. The molecule has 2 aliphatic heterocycles. The highest BCUT2D eigenvalue weighted by atomic mass is 16.6. The zero-order valence-corrected chi connectivity index (χ0v) is 27.5. The van der Waals surface area contributed by atoms with Gasteiger partial charge in [-0.05, 0) is 78.4 Å². The van der Waals surface area contributed by atoms with Gasteiger partial charge in [-0.25, -0.2) is 19.6 Å². The number of imidazole rings is 1. The molecule has 6 rings (SSSR count). The zero-order chi connectivity index (χ0) is 32.6. The molecule has 0 aliphatic carbocycles. The highest BCUT2D eigenvalue weighted by Crippen LogP contribution is 2.36. The lowest BCUT2D eigenvalue weighted by molar-refractivity contribution is 0.0200. The molecule has 2 saturated heterocycles. The van der Waals surface area contributed by atoms with Crippen molar-refractivity contribution in [1.29, 1.82) is 0 Å². The molecule has 4 aromatic rings. The molecule has 242 valence electrons. The van der Waals surface area contributed by atoms with Crippen molar-refractivity contribution >= 4 is 12.2 Å². The Morgan fingerprint density at radius 1 is 0.717 bits per heavy atom. The highest BCUT2D eigenvalue weighted by Gasteiger charge is 2.36. The van der Waals surface area contributed by atoms with Gasteiger partial charge >= 0.3 is 12.2 Å². The number of hydrogen-bond donors (Lipinski definition) is 1. The van der Waals surface area contributed by atoms with Crippen LogP contribution in [0.2, 0.25) is 0 Å². The summed E-state index contributed by atoms with van der Waals surface area (Å²) in [6, 6.07) is 16.1. The summed E-state index contributed by atoms with van der Waals surface area (Å²) >= 11 is 0. The van der Waals surface area contributed by atoms with E-state index < -0.39 is 11.2 Å². The number of aromatic nitrogens is 3. The van der Waals surface area contributed by atoms with Crippen molar-refractivity contribution in [1.82, 2.24) is 24.8 Å². The van der Waals surface area contributed by atoms with Gasteiger partial charge in [0.25, 0.3) is 0 Å². The van der Waals surface area contributed by atoms with E-state index >= 15 is 0 Å². The van der Waals surface area contributed by atoms with Crippen molar-refractivity contribution in [2.75, 3.05) is 13.1 Å². The first-order chi connectivity index (χ1) is 21.8. The van der Waals surface area contributed by atoms with Gasteiger partial charge in [0.2, 0.25) is 5.89 Å². The molecule has 2 fully saturated rings. The minimum absolute atomic E-state index is 0.0728. The van der Waals surface area contributed by atoms with Crippen LogP contribution in [0.5, 0.6) is 0 Å². The largest absolute Gasteiger partial charge is 0.444 e. The predicted molar refractivity (Wildman–Crippen MR) is 175 cm³/mol. The molecule has 0 spiro atoms. The Kier molecular flexibility index (Phi) is 8.39. The number of amides is 2. The minimum Gasteiger partial charge on any atom is -0.444 e. The van der Waals surface area contributed by atoms with Crippen LogP contribution in [0.4, 0.5) is 9.59 Å².